The molecule has 3 nitrogen and oxygen atoms in total. The number of hydrogen-bond acceptors (Lipinski definition) is 2. The number of aliphatic carboxylic acids is 1. The summed E-state index contributed by atoms with van der Waals surface area (Å²) in [6.45, 7) is 2.17. The van der Waals surface area contributed by atoms with Crippen LogP contribution in [0.2, 0.25) is 0 Å². The lowest BCUT2D eigenvalue weighted by Crippen LogP contribution is -2.41. The Morgan fingerprint density at radius 2 is 2.11 bits per heavy atom. The van der Waals surface area contributed by atoms with Gasteiger partial charge in [0.1, 0.15) is 0 Å². The van der Waals surface area contributed by atoms with Crippen LogP contribution in [0.25, 0.3) is 0 Å². The van der Waals surface area contributed by atoms with Crippen LogP contribution >= 0.6 is 15.9 Å². The third-order valence-electron chi connectivity index (χ3n) is 4.22. The lowest BCUT2D eigenvalue weighted by molar-refractivity contribution is -0.140. The van der Waals surface area contributed by atoms with Gasteiger partial charge in [-0.2, -0.15) is 0 Å². The van der Waals surface area contributed by atoms with Crippen molar-refractivity contribution in [1.82, 2.24) is 4.90 Å². The summed E-state index contributed by atoms with van der Waals surface area (Å²) in [5.41, 5.74) is 1.65. The summed E-state index contributed by atoms with van der Waals surface area (Å²) in [5, 5.41) is 9.30. The smallest absolute Gasteiger partial charge is 0.314 e. The van der Waals surface area contributed by atoms with E-state index in [1.807, 2.05) is 12.1 Å². The Morgan fingerprint density at radius 1 is 1.44 bits per heavy atom. The van der Waals surface area contributed by atoms with E-state index in [2.05, 4.69) is 33.9 Å². The standard InChI is InChI=1S/C14H16BrNO2/c1-16-7-9(8-16)11-3-2-10(6-12(11)15)14(4-5-14)13(17)18/h2-3,6,9H,4-5,7-8H2,1H3,(H,17,18). The van der Waals surface area contributed by atoms with Crippen LogP contribution < -0.4 is 0 Å². The molecule has 0 unspecified atom stereocenters. The number of benzene rings is 1. The number of likely N-dealkylation sites (tertiary alicyclic amines) is 1. The molecule has 3 rings (SSSR count). The highest BCUT2D eigenvalue weighted by Gasteiger charge is 2.51. The molecule has 0 atom stereocenters. The quantitative estimate of drug-likeness (QED) is 0.933. The SMILES string of the molecule is CN1CC(c2ccc(C3(C(=O)O)CC3)cc2Br)C1. The van der Waals surface area contributed by atoms with E-state index in [0.717, 1.165) is 36.0 Å². The predicted octanol–water partition coefficient (Wildman–Crippen LogP) is 2.59. The highest BCUT2D eigenvalue weighted by molar-refractivity contribution is 9.10. The summed E-state index contributed by atoms with van der Waals surface area (Å²) in [6.07, 6.45) is 1.53. The molecule has 0 aromatic heterocycles. The fraction of sp³-hybridized carbons (Fsp3) is 0.500. The molecule has 0 bridgehead atoms. The van der Waals surface area contributed by atoms with Gasteiger partial charge in [0.25, 0.3) is 0 Å². The van der Waals surface area contributed by atoms with E-state index in [1.165, 1.54) is 5.56 Å². The van der Waals surface area contributed by atoms with E-state index in [-0.39, 0.29) is 0 Å². The summed E-state index contributed by atoms with van der Waals surface area (Å²) < 4.78 is 1.06. The van der Waals surface area contributed by atoms with Gasteiger partial charge in [-0.3, -0.25) is 4.79 Å². The minimum absolute atomic E-state index is 0.582. The Morgan fingerprint density at radius 3 is 2.56 bits per heavy atom. The average molecular weight is 310 g/mol. The number of carboxylic acids is 1. The topological polar surface area (TPSA) is 40.5 Å². The average Bonchev–Trinajstić information content (AvgIpc) is 3.06. The maximum Gasteiger partial charge on any atom is 0.314 e. The number of likely N-dealkylation sites (N-methyl/N-ethyl adjacent to an activating group) is 1. The van der Waals surface area contributed by atoms with E-state index >= 15 is 0 Å². The van der Waals surface area contributed by atoms with Crippen molar-refractivity contribution in [3.05, 3.63) is 33.8 Å². The van der Waals surface area contributed by atoms with Crippen LogP contribution in [-0.2, 0) is 10.2 Å². The molecule has 18 heavy (non-hydrogen) atoms. The molecule has 4 heteroatoms. The maximum atomic E-state index is 11.3. The van der Waals surface area contributed by atoms with Crippen molar-refractivity contribution in [3.63, 3.8) is 0 Å². The first-order chi connectivity index (χ1) is 8.53. The van der Waals surface area contributed by atoms with Gasteiger partial charge in [0.15, 0.2) is 0 Å². The number of carbonyl (C=O) groups is 1. The van der Waals surface area contributed by atoms with E-state index < -0.39 is 11.4 Å². The minimum atomic E-state index is -0.689. The molecule has 1 aromatic carbocycles. The van der Waals surface area contributed by atoms with Crippen molar-refractivity contribution in [2.24, 2.45) is 0 Å². The Bertz CT molecular complexity index is 505. The second kappa shape index (κ2) is 4.07. The molecular formula is C14H16BrNO2. The van der Waals surface area contributed by atoms with Crippen molar-refractivity contribution in [2.45, 2.75) is 24.2 Å². The molecule has 0 spiro atoms. The van der Waals surface area contributed by atoms with Crippen molar-refractivity contribution >= 4 is 21.9 Å². The predicted molar refractivity (Wildman–Crippen MR) is 72.9 cm³/mol. The lowest BCUT2D eigenvalue weighted by Gasteiger charge is -2.37. The Kier molecular flexibility index (Phi) is 2.75. The molecule has 0 radical (unpaired) electrons. The molecule has 2 fully saturated rings. The van der Waals surface area contributed by atoms with Crippen molar-refractivity contribution in [2.75, 3.05) is 20.1 Å². The van der Waals surface area contributed by atoms with Gasteiger partial charge in [0.05, 0.1) is 5.41 Å². The summed E-state index contributed by atoms with van der Waals surface area (Å²) in [7, 11) is 2.11. The molecule has 1 aliphatic heterocycles. The van der Waals surface area contributed by atoms with E-state index in [1.54, 1.807) is 0 Å². The Hall–Kier alpha value is -0.870. The van der Waals surface area contributed by atoms with Gasteiger partial charge in [-0.05, 0) is 37.1 Å². The number of halogens is 1. The Labute approximate surface area is 115 Å². The molecule has 1 heterocycles. The van der Waals surface area contributed by atoms with Crippen molar-refractivity contribution in [1.29, 1.82) is 0 Å². The number of rotatable bonds is 3. The highest BCUT2D eigenvalue weighted by Crippen LogP contribution is 2.49. The van der Waals surface area contributed by atoms with Crippen LogP contribution in [0.4, 0.5) is 0 Å². The molecule has 1 saturated carbocycles. The zero-order valence-electron chi connectivity index (χ0n) is 10.3. The normalized spacial score (nSPS) is 22.6. The number of nitrogens with zero attached hydrogens (tertiary/aromatic N) is 1. The van der Waals surface area contributed by atoms with Gasteiger partial charge in [-0.15, -0.1) is 0 Å². The molecule has 96 valence electrons. The monoisotopic (exact) mass is 309 g/mol. The number of hydrogen-bond donors (Lipinski definition) is 1. The van der Waals surface area contributed by atoms with Crippen LogP contribution in [0.15, 0.2) is 22.7 Å². The molecule has 1 N–H and O–H groups in total. The summed E-state index contributed by atoms with van der Waals surface area (Å²) in [6, 6.07) is 6.11. The lowest BCUT2D eigenvalue weighted by atomic mass is 9.88. The summed E-state index contributed by atoms with van der Waals surface area (Å²) >= 11 is 3.60. The van der Waals surface area contributed by atoms with Gasteiger partial charge in [-0.1, -0.05) is 28.1 Å². The maximum absolute atomic E-state index is 11.3. The van der Waals surface area contributed by atoms with Gasteiger partial charge >= 0.3 is 5.97 Å². The first kappa shape index (κ1) is 12.2. The van der Waals surface area contributed by atoms with Crippen LogP contribution in [0.1, 0.15) is 29.9 Å². The molecule has 1 aromatic rings. The van der Waals surface area contributed by atoms with Crippen LogP contribution in [-0.4, -0.2) is 36.1 Å². The third kappa shape index (κ3) is 1.79. The minimum Gasteiger partial charge on any atom is -0.481 e. The third-order valence-corrected chi connectivity index (χ3v) is 4.90. The first-order valence-corrected chi connectivity index (χ1v) is 7.04. The van der Waals surface area contributed by atoms with Crippen LogP contribution in [0.3, 0.4) is 0 Å². The van der Waals surface area contributed by atoms with Crippen molar-refractivity contribution < 1.29 is 9.90 Å². The number of carboxylic acid groups (broad SMARTS) is 1. The molecule has 1 saturated heterocycles. The van der Waals surface area contributed by atoms with Crippen molar-refractivity contribution in [3.8, 4) is 0 Å². The van der Waals surface area contributed by atoms with Gasteiger partial charge < -0.3 is 10.0 Å². The molecule has 1 aliphatic carbocycles. The fourth-order valence-electron chi connectivity index (χ4n) is 2.80. The van der Waals surface area contributed by atoms with Crippen LogP contribution in [0, 0.1) is 0 Å². The first-order valence-electron chi connectivity index (χ1n) is 6.25. The Balaban J connectivity index is 1.88. The van der Waals surface area contributed by atoms with Gasteiger partial charge in [0.2, 0.25) is 0 Å². The second-order valence-corrected chi connectivity index (χ2v) is 6.40. The zero-order chi connectivity index (χ0) is 12.9. The van der Waals surface area contributed by atoms with Crippen LogP contribution in [0.5, 0.6) is 0 Å². The highest BCUT2D eigenvalue weighted by atomic mass is 79.9. The van der Waals surface area contributed by atoms with E-state index in [0.29, 0.717) is 5.92 Å². The largest absolute Gasteiger partial charge is 0.481 e. The summed E-state index contributed by atoms with van der Waals surface area (Å²) in [5.74, 6) is -0.107. The van der Waals surface area contributed by atoms with E-state index in [4.69, 9.17) is 0 Å². The molecule has 0 amide bonds. The van der Waals surface area contributed by atoms with Gasteiger partial charge in [0, 0.05) is 23.5 Å². The van der Waals surface area contributed by atoms with E-state index in [9.17, 15) is 9.90 Å². The van der Waals surface area contributed by atoms with Gasteiger partial charge in [-0.25, -0.2) is 0 Å². The molecule has 2 aliphatic rings. The second-order valence-electron chi connectivity index (χ2n) is 5.54. The summed E-state index contributed by atoms with van der Waals surface area (Å²) in [4.78, 5) is 13.6. The fourth-order valence-corrected chi connectivity index (χ4v) is 3.51. The molecular weight excluding hydrogens is 294 g/mol. The zero-order valence-corrected chi connectivity index (χ0v) is 11.9.